The molecule has 1 saturated heterocycles. The van der Waals surface area contributed by atoms with Crippen molar-refractivity contribution < 1.29 is 24.2 Å². The molecule has 1 fully saturated rings. The number of urea groups is 1. The maximum atomic E-state index is 11.9. The van der Waals surface area contributed by atoms with Gasteiger partial charge in [0.25, 0.3) is 0 Å². The number of rotatable bonds is 5. The van der Waals surface area contributed by atoms with Crippen LogP contribution in [0.4, 0.5) is 4.79 Å². The lowest BCUT2D eigenvalue weighted by Crippen LogP contribution is -2.49. The van der Waals surface area contributed by atoms with Gasteiger partial charge in [-0.15, -0.1) is 0 Å². The van der Waals surface area contributed by atoms with Crippen molar-refractivity contribution in [2.24, 2.45) is 5.92 Å². The summed E-state index contributed by atoms with van der Waals surface area (Å²) in [4.78, 5) is 35.6. The molecule has 1 unspecified atom stereocenters. The van der Waals surface area contributed by atoms with Crippen LogP contribution in [0.1, 0.15) is 33.1 Å². The number of esters is 1. The molecule has 0 aromatic rings. The van der Waals surface area contributed by atoms with Crippen molar-refractivity contribution in [2.45, 2.75) is 39.2 Å². The van der Waals surface area contributed by atoms with Crippen LogP contribution in [-0.2, 0) is 14.3 Å². The van der Waals surface area contributed by atoms with Crippen LogP contribution in [0.2, 0.25) is 0 Å². The van der Waals surface area contributed by atoms with Crippen LogP contribution in [0.3, 0.4) is 0 Å². The molecule has 2 N–H and O–H groups in total. The standard InChI is InChI=1S/C13H22N2O5/c1-3-20-12(18)9(2)14-13(19)15-6-4-10(5-7-15)8-11(16)17/h9-10H,3-8H2,1-2H3,(H,14,19)(H,16,17). The van der Waals surface area contributed by atoms with E-state index in [0.717, 1.165) is 0 Å². The van der Waals surface area contributed by atoms with Crippen LogP contribution in [0.15, 0.2) is 0 Å². The summed E-state index contributed by atoms with van der Waals surface area (Å²) in [5.41, 5.74) is 0. The van der Waals surface area contributed by atoms with Crippen LogP contribution in [0, 0.1) is 5.92 Å². The molecule has 0 spiro atoms. The topological polar surface area (TPSA) is 95.9 Å². The summed E-state index contributed by atoms with van der Waals surface area (Å²) in [6, 6.07) is -0.987. The zero-order chi connectivity index (χ0) is 15.1. The van der Waals surface area contributed by atoms with Gasteiger partial charge in [-0.1, -0.05) is 0 Å². The number of hydrogen-bond donors (Lipinski definition) is 2. The molecule has 2 amide bonds. The van der Waals surface area contributed by atoms with Crippen molar-refractivity contribution in [3.05, 3.63) is 0 Å². The Hall–Kier alpha value is -1.79. The number of hydrogen-bond acceptors (Lipinski definition) is 4. The van der Waals surface area contributed by atoms with E-state index in [-0.39, 0.29) is 25.0 Å². The molecule has 7 heteroatoms. The van der Waals surface area contributed by atoms with E-state index in [0.29, 0.717) is 25.9 Å². The largest absolute Gasteiger partial charge is 0.481 e. The summed E-state index contributed by atoms with van der Waals surface area (Å²) in [6.45, 7) is 4.59. The van der Waals surface area contributed by atoms with Crippen molar-refractivity contribution >= 4 is 18.0 Å². The molecule has 1 rings (SSSR count). The molecule has 114 valence electrons. The van der Waals surface area contributed by atoms with Gasteiger partial charge in [-0.05, 0) is 32.6 Å². The van der Waals surface area contributed by atoms with Gasteiger partial charge in [0.1, 0.15) is 6.04 Å². The number of aliphatic carboxylic acids is 1. The lowest BCUT2D eigenvalue weighted by molar-refractivity contribution is -0.145. The summed E-state index contributed by atoms with van der Waals surface area (Å²) in [5, 5.41) is 11.3. The third-order valence-corrected chi connectivity index (χ3v) is 3.35. The van der Waals surface area contributed by atoms with E-state index in [1.165, 1.54) is 0 Å². The number of nitrogens with one attached hydrogen (secondary N) is 1. The second-order valence-corrected chi connectivity index (χ2v) is 4.95. The zero-order valence-electron chi connectivity index (χ0n) is 11.9. The van der Waals surface area contributed by atoms with E-state index >= 15 is 0 Å². The van der Waals surface area contributed by atoms with Crippen LogP contribution in [0.5, 0.6) is 0 Å². The summed E-state index contributed by atoms with van der Waals surface area (Å²) >= 11 is 0. The summed E-state index contributed by atoms with van der Waals surface area (Å²) < 4.78 is 4.82. The maximum Gasteiger partial charge on any atom is 0.328 e. The normalized spacial score (nSPS) is 17.4. The molecule has 1 aliphatic rings. The number of carboxylic acids is 1. The van der Waals surface area contributed by atoms with Crippen LogP contribution in [0.25, 0.3) is 0 Å². The monoisotopic (exact) mass is 286 g/mol. The van der Waals surface area contributed by atoms with Crippen LogP contribution >= 0.6 is 0 Å². The Morgan fingerprint density at radius 3 is 2.45 bits per heavy atom. The molecule has 1 atom stereocenters. The predicted octanol–water partition coefficient (Wildman–Crippen LogP) is 0.834. The number of carbonyl (C=O) groups excluding carboxylic acids is 2. The van der Waals surface area contributed by atoms with Gasteiger partial charge in [-0.3, -0.25) is 4.79 Å². The fraction of sp³-hybridized carbons (Fsp3) is 0.769. The molecule has 0 aliphatic carbocycles. The minimum absolute atomic E-state index is 0.124. The third kappa shape index (κ3) is 5.07. The smallest absolute Gasteiger partial charge is 0.328 e. The lowest BCUT2D eigenvalue weighted by Gasteiger charge is -2.32. The molecule has 0 saturated carbocycles. The van der Waals surface area contributed by atoms with Crippen LogP contribution in [-0.4, -0.2) is 53.7 Å². The van der Waals surface area contributed by atoms with Crippen molar-refractivity contribution in [3.63, 3.8) is 0 Å². The summed E-state index contributed by atoms with van der Waals surface area (Å²) in [5.74, 6) is -1.13. The van der Waals surface area contributed by atoms with Crippen LogP contribution < -0.4 is 5.32 Å². The maximum absolute atomic E-state index is 11.9. The quantitative estimate of drug-likeness (QED) is 0.730. The Balaban J connectivity index is 2.35. The number of amides is 2. The van der Waals surface area contributed by atoms with Gasteiger partial charge in [-0.25, -0.2) is 9.59 Å². The Bertz CT molecular complexity index is 364. The van der Waals surface area contributed by atoms with E-state index in [1.54, 1.807) is 18.7 Å². The van der Waals surface area contributed by atoms with Crippen molar-refractivity contribution in [3.8, 4) is 0 Å². The van der Waals surface area contributed by atoms with Crippen molar-refractivity contribution in [2.75, 3.05) is 19.7 Å². The van der Waals surface area contributed by atoms with Gasteiger partial charge in [0, 0.05) is 19.5 Å². The SMILES string of the molecule is CCOC(=O)C(C)NC(=O)N1CCC(CC(=O)O)CC1. The number of piperidine rings is 1. The fourth-order valence-electron chi connectivity index (χ4n) is 2.19. The highest BCUT2D eigenvalue weighted by molar-refractivity contribution is 5.83. The number of likely N-dealkylation sites (tertiary alicyclic amines) is 1. The number of nitrogens with zero attached hydrogens (tertiary/aromatic N) is 1. The van der Waals surface area contributed by atoms with Gasteiger partial charge in [0.05, 0.1) is 6.61 Å². The van der Waals surface area contributed by atoms with E-state index < -0.39 is 18.0 Å². The minimum Gasteiger partial charge on any atom is -0.481 e. The Labute approximate surface area is 118 Å². The Morgan fingerprint density at radius 1 is 1.35 bits per heavy atom. The van der Waals surface area contributed by atoms with E-state index in [9.17, 15) is 14.4 Å². The Morgan fingerprint density at radius 2 is 1.95 bits per heavy atom. The van der Waals surface area contributed by atoms with E-state index in [1.807, 2.05) is 0 Å². The van der Waals surface area contributed by atoms with Crippen molar-refractivity contribution in [1.82, 2.24) is 10.2 Å². The molecule has 20 heavy (non-hydrogen) atoms. The average Bonchev–Trinajstić information content (AvgIpc) is 2.39. The number of ether oxygens (including phenoxy) is 1. The molecule has 7 nitrogen and oxygen atoms in total. The highest BCUT2D eigenvalue weighted by Gasteiger charge is 2.26. The summed E-state index contributed by atoms with van der Waals surface area (Å²) in [6.07, 6.45) is 1.50. The van der Waals surface area contributed by atoms with E-state index in [4.69, 9.17) is 9.84 Å². The second kappa shape index (κ2) is 7.72. The molecule has 1 aliphatic heterocycles. The molecule has 0 radical (unpaired) electrons. The van der Waals surface area contributed by atoms with Crippen molar-refractivity contribution in [1.29, 1.82) is 0 Å². The molecule has 1 heterocycles. The van der Waals surface area contributed by atoms with E-state index in [2.05, 4.69) is 5.32 Å². The third-order valence-electron chi connectivity index (χ3n) is 3.35. The first-order valence-electron chi connectivity index (χ1n) is 6.87. The molecule has 0 aromatic carbocycles. The summed E-state index contributed by atoms with van der Waals surface area (Å²) in [7, 11) is 0. The molecular weight excluding hydrogens is 264 g/mol. The fourth-order valence-corrected chi connectivity index (χ4v) is 2.19. The first-order valence-corrected chi connectivity index (χ1v) is 6.87. The first-order chi connectivity index (χ1) is 9.43. The number of carboxylic acid groups (broad SMARTS) is 1. The minimum atomic E-state index is -0.802. The van der Waals surface area contributed by atoms with Gasteiger partial charge < -0.3 is 20.1 Å². The second-order valence-electron chi connectivity index (χ2n) is 4.95. The lowest BCUT2D eigenvalue weighted by atomic mass is 9.94. The molecule has 0 bridgehead atoms. The predicted molar refractivity (Wildman–Crippen MR) is 71.2 cm³/mol. The first kappa shape index (κ1) is 16.3. The number of carbonyl (C=O) groups is 3. The average molecular weight is 286 g/mol. The van der Waals surface area contributed by atoms with Gasteiger partial charge >= 0.3 is 18.0 Å². The highest BCUT2D eigenvalue weighted by atomic mass is 16.5. The van der Waals surface area contributed by atoms with Gasteiger partial charge in [0.15, 0.2) is 0 Å². The highest BCUT2D eigenvalue weighted by Crippen LogP contribution is 2.20. The molecular formula is C13H22N2O5. The Kier molecular flexibility index (Phi) is 6.27. The molecule has 0 aromatic heterocycles. The van der Waals surface area contributed by atoms with Gasteiger partial charge in [0.2, 0.25) is 0 Å². The zero-order valence-corrected chi connectivity index (χ0v) is 11.9. The van der Waals surface area contributed by atoms with Gasteiger partial charge in [-0.2, -0.15) is 0 Å².